The molecule has 2 aliphatic carbocycles. The lowest BCUT2D eigenvalue weighted by molar-refractivity contribution is 0.144. The van der Waals surface area contributed by atoms with E-state index in [-0.39, 0.29) is 0 Å². The summed E-state index contributed by atoms with van der Waals surface area (Å²) < 4.78 is 0. The molecule has 3 atom stereocenters. The van der Waals surface area contributed by atoms with Crippen molar-refractivity contribution in [3.05, 3.63) is 30.1 Å². The molecule has 0 amide bonds. The van der Waals surface area contributed by atoms with Crippen LogP contribution < -0.4 is 5.32 Å². The molecule has 2 saturated carbocycles. The Labute approximate surface area is 129 Å². The van der Waals surface area contributed by atoms with E-state index in [2.05, 4.69) is 42.5 Å². The van der Waals surface area contributed by atoms with Gasteiger partial charge in [0.2, 0.25) is 0 Å². The summed E-state index contributed by atoms with van der Waals surface area (Å²) in [6.45, 7) is 6.03. The van der Waals surface area contributed by atoms with Crippen LogP contribution in [-0.4, -0.2) is 17.6 Å². The van der Waals surface area contributed by atoms with Crippen LogP contribution in [0.3, 0.4) is 0 Å². The molecule has 0 bridgehead atoms. The molecule has 0 spiro atoms. The fraction of sp³-hybridized carbons (Fsp3) is 0.737. The quantitative estimate of drug-likeness (QED) is 0.853. The molecule has 116 valence electrons. The van der Waals surface area contributed by atoms with Crippen molar-refractivity contribution in [1.29, 1.82) is 0 Å². The van der Waals surface area contributed by atoms with Gasteiger partial charge >= 0.3 is 0 Å². The maximum absolute atomic E-state index is 4.30. The van der Waals surface area contributed by atoms with Gasteiger partial charge in [-0.3, -0.25) is 4.98 Å². The topological polar surface area (TPSA) is 24.9 Å². The predicted octanol–water partition coefficient (Wildman–Crippen LogP) is 4.06. The molecule has 0 aliphatic heterocycles. The van der Waals surface area contributed by atoms with E-state index in [1.807, 2.05) is 6.20 Å². The van der Waals surface area contributed by atoms with Crippen molar-refractivity contribution in [1.82, 2.24) is 10.3 Å². The zero-order valence-corrected chi connectivity index (χ0v) is 13.6. The van der Waals surface area contributed by atoms with Gasteiger partial charge < -0.3 is 5.32 Å². The molecule has 2 fully saturated rings. The minimum absolute atomic E-state index is 0.832. The average molecular weight is 286 g/mol. The summed E-state index contributed by atoms with van der Waals surface area (Å²) in [4.78, 5) is 4.30. The fourth-order valence-electron chi connectivity index (χ4n) is 3.91. The Bertz CT molecular complexity index is 424. The smallest absolute Gasteiger partial charge is 0.0299 e. The maximum Gasteiger partial charge on any atom is 0.0299 e. The van der Waals surface area contributed by atoms with E-state index >= 15 is 0 Å². The van der Waals surface area contributed by atoms with Crippen LogP contribution in [0.25, 0.3) is 0 Å². The summed E-state index contributed by atoms with van der Waals surface area (Å²) >= 11 is 0. The van der Waals surface area contributed by atoms with Crippen molar-refractivity contribution in [2.75, 3.05) is 6.54 Å². The van der Waals surface area contributed by atoms with Gasteiger partial charge in [-0.2, -0.15) is 0 Å². The molecule has 2 nitrogen and oxygen atoms in total. The highest BCUT2D eigenvalue weighted by atomic mass is 14.9. The molecular formula is C19H30N2. The van der Waals surface area contributed by atoms with Crippen LogP contribution in [0.4, 0.5) is 0 Å². The van der Waals surface area contributed by atoms with Crippen LogP contribution in [0.1, 0.15) is 51.5 Å². The van der Waals surface area contributed by atoms with Crippen molar-refractivity contribution in [2.24, 2.45) is 23.7 Å². The first kappa shape index (κ1) is 15.0. The van der Waals surface area contributed by atoms with E-state index in [1.165, 1.54) is 50.6 Å². The number of rotatable bonds is 6. The van der Waals surface area contributed by atoms with Crippen molar-refractivity contribution in [3.63, 3.8) is 0 Å². The highest BCUT2D eigenvalue weighted by molar-refractivity contribution is 5.10. The lowest BCUT2D eigenvalue weighted by Gasteiger charge is -2.38. The van der Waals surface area contributed by atoms with Gasteiger partial charge in [-0.1, -0.05) is 19.9 Å². The molecule has 1 N–H and O–H groups in total. The molecule has 2 aliphatic rings. The Hall–Kier alpha value is -0.890. The van der Waals surface area contributed by atoms with E-state index in [0.717, 1.165) is 29.7 Å². The molecule has 2 heteroatoms. The predicted molar refractivity (Wildman–Crippen MR) is 88.1 cm³/mol. The van der Waals surface area contributed by atoms with E-state index in [9.17, 15) is 0 Å². The maximum atomic E-state index is 4.30. The summed E-state index contributed by atoms with van der Waals surface area (Å²) in [5.41, 5.74) is 1.42. The second-order valence-corrected chi connectivity index (χ2v) is 7.59. The number of hydrogen-bond donors (Lipinski definition) is 1. The summed E-state index contributed by atoms with van der Waals surface area (Å²) in [5.74, 6) is 3.45. The first-order valence-electron chi connectivity index (χ1n) is 8.84. The minimum atomic E-state index is 0.832. The monoisotopic (exact) mass is 286 g/mol. The van der Waals surface area contributed by atoms with Gasteiger partial charge in [-0.05, 0) is 80.4 Å². The van der Waals surface area contributed by atoms with Crippen LogP contribution in [-0.2, 0) is 6.42 Å². The van der Waals surface area contributed by atoms with Crippen LogP contribution in [0.2, 0.25) is 0 Å². The van der Waals surface area contributed by atoms with Gasteiger partial charge in [-0.25, -0.2) is 0 Å². The van der Waals surface area contributed by atoms with Crippen LogP contribution in [0.15, 0.2) is 24.5 Å². The first-order chi connectivity index (χ1) is 10.2. The molecule has 1 aromatic rings. The first-order valence-corrected chi connectivity index (χ1v) is 8.84. The molecule has 21 heavy (non-hydrogen) atoms. The Morgan fingerprint density at radius 3 is 2.71 bits per heavy atom. The van der Waals surface area contributed by atoms with Gasteiger partial charge in [-0.15, -0.1) is 0 Å². The van der Waals surface area contributed by atoms with Crippen molar-refractivity contribution in [3.8, 4) is 0 Å². The van der Waals surface area contributed by atoms with Crippen molar-refractivity contribution < 1.29 is 0 Å². The Kier molecular flexibility index (Phi) is 4.95. The standard InChI is InChI=1S/C19H30N2/c1-14(2)16-5-6-17(13-21-19-7-8-19)18(11-16)10-15-4-3-9-20-12-15/h3-4,9,12,14,16-19,21H,5-8,10-11,13H2,1-2H3. The molecule has 0 aromatic carbocycles. The Morgan fingerprint density at radius 2 is 2.05 bits per heavy atom. The number of nitrogens with zero attached hydrogens (tertiary/aromatic N) is 1. The van der Waals surface area contributed by atoms with Gasteiger partial charge in [0.25, 0.3) is 0 Å². The minimum Gasteiger partial charge on any atom is -0.314 e. The highest BCUT2D eigenvalue weighted by Crippen LogP contribution is 2.39. The van der Waals surface area contributed by atoms with Crippen LogP contribution in [0, 0.1) is 23.7 Å². The van der Waals surface area contributed by atoms with Gasteiger partial charge in [0.1, 0.15) is 0 Å². The van der Waals surface area contributed by atoms with Crippen molar-refractivity contribution in [2.45, 2.75) is 58.4 Å². The third-order valence-electron chi connectivity index (χ3n) is 5.59. The highest BCUT2D eigenvalue weighted by Gasteiger charge is 2.33. The zero-order chi connectivity index (χ0) is 14.7. The second-order valence-electron chi connectivity index (χ2n) is 7.59. The van der Waals surface area contributed by atoms with Gasteiger partial charge in [0, 0.05) is 18.4 Å². The summed E-state index contributed by atoms with van der Waals surface area (Å²) in [6, 6.07) is 5.17. The van der Waals surface area contributed by atoms with E-state index in [0.29, 0.717) is 0 Å². The number of hydrogen-bond acceptors (Lipinski definition) is 2. The largest absolute Gasteiger partial charge is 0.314 e. The van der Waals surface area contributed by atoms with E-state index in [1.54, 1.807) is 0 Å². The molecule has 0 radical (unpaired) electrons. The van der Waals surface area contributed by atoms with Gasteiger partial charge in [0.15, 0.2) is 0 Å². The molecule has 0 saturated heterocycles. The molecular weight excluding hydrogens is 256 g/mol. The Morgan fingerprint density at radius 1 is 1.19 bits per heavy atom. The van der Waals surface area contributed by atoms with Crippen molar-refractivity contribution >= 4 is 0 Å². The number of pyridine rings is 1. The number of nitrogens with one attached hydrogen (secondary N) is 1. The van der Waals surface area contributed by atoms with E-state index in [4.69, 9.17) is 0 Å². The Balaban J connectivity index is 1.62. The zero-order valence-electron chi connectivity index (χ0n) is 13.6. The SMILES string of the molecule is CC(C)C1CCC(CNC2CC2)C(Cc2cccnc2)C1. The number of aromatic nitrogens is 1. The summed E-state index contributed by atoms with van der Waals surface area (Å²) in [5, 5.41) is 3.77. The molecule has 3 unspecified atom stereocenters. The van der Waals surface area contributed by atoms with E-state index < -0.39 is 0 Å². The second kappa shape index (κ2) is 6.91. The summed E-state index contributed by atoms with van der Waals surface area (Å²) in [6.07, 6.45) is 12.2. The average Bonchev–Trinajstić information content (AvgIpc) is 3.31. The normalized spacial score (nSPS) is 29.8. The third-order valence-corrected chi connectivity index (χ3v) is 5.59. The lowest BCUT2D eigenvalue weighted by atomic mass is 9.69. The lowest BCUT2D eigenvalue weighted by Crippen LogP contribution is -2.36. The molecule has 1 aromatic heterocycles. The molecule has 3 rings (SSSR count). The third kappa shape index (κ3) is 4.29. The van der Waals surface area contributed by atoms with Crippen LogP contribution >= 0.6 is 0 Å². The van der Waals surface area contributed by atoms with Gasteiger partial charge in [0.05, 0.1) is 0 Å². The molecule has 1 heterocycles. The van der Waals surface area contributed by atoms with Crippen LogP contribution in [0.5, 0.6) is 0 Å². The fourth-order valence-corrected chi connectivity index (χ4v) is 3.91. The summed E-state index contributed by atoms with van der Waals surface area (Å²) in [7, 11) is 0.